The molecule has 3 aromatic rings. The lowest BCUT2D eigenvalue weighted by Crippen LogP contribution is -2.33. The maximum atomic E-state index is 13.5. The molecule has 0 bridgehead atoms. The maximum absolute atomic E-state index is 13.5. The first-order chi connectivity index (χ1) is 14.6. The average Bonchev–Trinajstić information content (AvgIpc) is 2.77. The first kappa shape index (κ1) is 21.6. The standard InChI is InChI=1S/C26H30N2O2/c1-20-13-14-23(21(2)17-20)18-28(16-8-15-27)26(29)24-11-6-7-12-25(24)30-19-22-9-4-3-5-10-22/h3-7,9-14,17H,8,15-16,18-19,27H2,1-2H3. The number of carbonyl (C=O) groups is 1. The minimum Gasteiger partial charge on any atom is -0.488 e. The number of hydrogen-bond acceptors (Lipinski definition) is 3. The summed E-state index contributed by atoms with van der Waals surface area (Å²) in [6.45, 7) is 6.29. The maximum Gasteiger partial charge on any atom is 0.257 e. The van der Waals surface area contributed by atoms with Crippen molar-refractivity contribution in [2.45, 2.75) is 33.4 Å². The highest BCUT2D eigenvalue weighted by Crippen LogP contribution is 2.23. The van der Waals surface area contributed by atoms with Crippen LogP contribution in [0.15, 0.2) is 72.8 Å². The molecule has 0 heterocycles. The second-order valence-corrected chi connectivity index (χ2v) is 7.57. The van der Waals surface area contributed by atoms with Crippen LogP contribution < -0.4 is 10.5 Å². The Labute approximate surface area is 179 Å². The Morgan fingerprint density at radius 3 is 2.43 bits per heavy atom. The molecule has 0 aliphatic carbocycles. The molecule has 0 saturated heterocycles. The fraction of sp³-hybridized carbons (Fsp3) is 0.269. The zero-order valence-electron chi connectivity index (χ0n) is 17.8. The molecule has 0 saturated carbocycles. The molecule has 0 aliphatic heterocycles. The van der Waals surface area contributed by atoms with Gasteiger partial charge in [0.2, 0.25) is 0 Å². The predicted octanol–water partition coefficient (Wildman–Crippen LogP) is 4.87. The van der Waals surface area contributed by atoms with Gasteiger partial charge in [-0.15, -0.1) is 0 Å². The summed E-state index contributed by atoms with van der Waals surface area (Å²) < 4.78 is 6.02. The van der Waals surface area contributed by atoms with Gasteiger partial charge in [0.1, 0.15) is 12.4 Å². The number of amides is 1. The molecule has 156 valence electrons. The molecule has 3 aromatic carbocycles. The van der Waals surface area contributed by atoms with Gasteiger partial charge in [0, 0.05) is 13.1 Å². The van der Waals surface area contributed by atoms with Crippen LogP contribution >= 0.6 is 0 Å². The molecule has 0 atom stereocenters. The van der Waals surface area contributed by atoms with Crippen molar-refractivity contribution < 1.29 is 9.53 Å². The Morgan fingerprint density at radius 2 is 1.70 bits per heavy atom. The van der Waals surface area contributed by atoms with Crippen LogP contribution in [0.2, 0.25) is 0 Å². The number of carbonyl (C=O) groups excluding carboxylic acids is 1. The number of benzene rings is 3. The van der Waals surface area contributed by atoms with Gasteiger partial charge in [-0.05, 0) is 55.6 Å². The highest BCUT2D eigenvalue weighted by atomic mass is 16.5. The van der Waals surface area contributed by atoms with Gasteiger partial charge in [0.05, 0.1) is 5.56 Å². The number of ether oxygens (including phenoxy) is 1. The van der Waals surface area contributed by atoms with Crippen LogP contribution in [0.3, 0.4) is 0 Å². The average molecular weight is 403 g/mol. The molecular formula is C26H30N2O2. The summed E-state index contributed by atoms with van der Waals surface area (Å²) in [4.78, 5) is 15.3. The van der Waals surface area contributed by atoms with Crippen molar-refractivity contribution in [1.82, 2.24) is 4.90 Å². The van der Waals surface area contributed by atoms with Crippen molar-refractivity contribution in [2.75, 3.05) is 13.1 Å². The second kappa shape index (κ2) is 10.6. The fourth-order valence-electron chi connectivity index (χ4n) is 3.44. The number of nitrogens with zero attached hydrogens (tertiary/aromatic N) is 1. The smallest absolute Gasteiger partial charge is 0.257 e. The highest BCUT2D eigenvalue weighted by molar-refractivity contribution is 5.97. The lowest BCUT2D eigenvalue weighted by Gasteiger charge is -2.25. The zero-order chi connectivity index (χ0) is 21.3. The fourth-order valence-corrected chi connectivity index (χ4v) is 3.44. The molecule has 0 radical (unpaired) electrons. The van der Waals surface area contributed by atoms with Crippen LogP contribution in [-0.4, -0.2) is 23.9 Å². The third-order valence-electron chi connectivity index (χ3n) is 5.13. The molecule has 0 unspecified atom stereocenters. The number of para-hydroxylation sites is 1. The van der Waals surface area contributed by atoms with Gasteiger partial charge in [-0.3, -0.25) is 4.79 Å². The van der Waals surface area contributed by atoms with E-state index < -0.39 is 0 Å². The van der Waals surface area contributed by atoms with Crippen LogP contribution in [-0.2, 0) is 13.2 Å². The van der Waals surface area contributed by atoms with Crippen molar-refractivity contribution in [3.63, 3.8) is 0 Å². The molecule has 4 heteroatoms. The molecular weight excluding hydrogens is 372 g/mol. The van der Waals surface area contributed by atoms with Crippen molar-refractivity contribution in [2.24, 2.45) is 5.73 Å². The second-order valence-electron chi connectivity index (χ2n) is 7.57. The summed E-state index contributed by atoms with van der Waals surface area (Å²) in [7, 11) is 0. The van der Waals surface area contributed by atoms with Crippen molar-refractivity contribution in [3.05, 3.63) is 101 Å². The van der Waals surface area contributed by atoms with Crippen molar-refractivity contribution >= 4 is 5.91 Å². The minimum absolute atomic E-state index is 0.0351. The van der Waals surface area contributed by atoms with Crippen LogP contribution in [0.1, 0.15) is 39.0 Å². The van der Waals surface area contributed by atoms with Gasteiger partial charge in [-0.25, -0.2) is 0 Å². The number of rotatable bonds is 9. The van der Waals surface area contributed by atoms with E-state index >= 15 is 0 Å². The van der Waals surface area contributed by atoms with Gasteiger partial charge < -0.3 is 15.4 Å². The number of aryl methyl sites for hydroxylation is 2. The molecule has 4 nitrogen and oxygen atoms in total. The topological polar surface area (TPSA) is 55.6 Å². The Morgan fingerprint density at radius 1 is 0.967 bits per heavy atom. The molecule has 3 rings (SSSR count). The van der Waals surface area contributed by atoms with Crippen molar-refractivity contribution in [1.29, 1.82) is 0 Å². The van der Waals surface area contributed by atoms with Crippen LogP contribution in [0, 0.1) is 13.8 Å². The summed E-state index contributed by atoms with van der Waals surface area (Å²) in [6.07, 6.45) is 0.754. The van der Waals surface area contributed by atoms with E-state index in [1.54, 1.807) is 0 Å². The van der Waals surface area contributed by atoms with Crippen molar-refractivity contribution in [3.8, 4) is 5.75 Å². The summed E-state index contributed by atoms with van der Waals surface area (Å²) in [5.41, 5.74) is 10.9. The van der Waals surface area contributed by atoms with E-state index in [-0.39, 0.29) is 5.91 Å². The lowest BCUT2D eigenvalue weighted by atomic mass is 10.0. The molecule has 0 fully saturated rings. The van der Waals surface area contributed by atoms with E-state index in [4.69, 9.17) is 10.5 Å². The first-order valence-corrected chi connectivity index (χ1v) is 10.4. The van der Waals surface area contributed by atoms with E-state index in [1.807, 2.05) is 59.5 Å². The SMILES string of the molecule is Cc1ccc(CN(CCCN)C(=O)c2ccccc2OCc2ccccc2)c(C)c1. The Bertz CT molecular complexity index is 970. The largest absolute Gasteiger partial charge is 0.488 e. The minimum atomic E-state index is -0.0351. The molecule has 30 heavy (non-hydrogen) atoms. The van der Waals surface area contributed by atoms with E-state index in [0.29, 0.717) is 37.6 Å². The molecule has 0 aromatic heterocycles. The number of nitrogens with two attached hydrogens (primary N) is 1. The third kappa shape index (κ3) is 5.71. The van der Waals surface area contributed by atoms with E-state index in [1.165, 1.54) is 11.1 Å². The van der Waals surface area contributed by atoms with Crippen LogP contribution in [0.5, 0.6) is 5.75 Å². The zero-order valence-corrected chi connectivity index (χ0v) is 17.8. The van der Waals surface area contributed by atoms with Crippen LogP contribution in [0.4, 0.5) is 0 Å². The Balaban J connectivity index is 1.81. The summed E-state index contributed by atoms with van der Waals surface area (Å²) in [5, 5.41) is 0. The Kier molecular flexibility index (Phi) is 7.63. The normalized spacial score (nSPS) is 10.6. The van der Waals surface area contributed by atoms with E-state index in [0.717, 1.165) is 17.5 Å². The first-order valence-electron chi connectivity index (χ1n) is 10.4. The predicted molar refractivity (Wildman–Crippen MR) is 122 cm³/mol. The quantitative estimate of drug-likeness (QED) is 0.555. The summed E-state index contributed by atoms with van der Waals surface area (Å²) in [5.74, 6) is 0.566. The third-order valence-corrected chi connectivity index (χ3v) is 5.13. The number of hydrogen-bond donors (Lipinski definition) is 1. The van der Waals surface area contributed by atoms with E-state index in [2.05, 4.69) is 32.0 Å². The summed E-state index contributed by atoms with van der Waals surface area (Å²) in [6, 6.07) is 23.8. The van der Waals surface area contributed by atoms with Gasteiger partial charge in [0.15, 0.2) is 0 Å². The Hall–Kier alpha value is -3.11. The molecule has 1 amide bonds. The van der Waals surface area contributed by atoms with Crippen LogP contribution in [0.25, 0.3) is 0 Å². The molecule has 2 N–H and O–H groups in total. The van der Waals surface area contributed by atoms with Gasteiger partial charge in [-0.2, -0.15) is 0 Å². The summed E-state index contributed by atoms with van der Waals surface area (Å²) >= 11 is 0. The van der Waals surface area contributed by atoms with Gasteiger partial charge in [-0.1, -0.05) is 66.2 Å². The highest BCUT2D eigenvalue weighted by Gasteiger charge is 2.20. The molecule has 0 aliphatic rings. The van der Waals surface area contributed by atoms with Gasteiger partial charge >= 0.3 is 0 Å². The van der Waals surface area contributed by atoms with Gasteiger partial charge in [0.25, 0.3) is 5.91 Å². The lowest BCUT2D eigenvalue weighted by molar-refractivity contribution is 0.0737. The molecule has 0 spiro atoms. The van der Waals surface area contributed by atoms with E-state index in [9.17, 15) is 4.79 Å². The monoisotopic (exact) mass is 402 g/mol.